The van der Waals surface area contributed by atoms with Gasteiger partial charge in [-0.2, -0.15) is 0 Å². The Labute approximate surface area is 130 Å². The highest BCUT2D eigenvalue weighted by molar-refractivity contribution is 6.30. The van der Waals surface area contributed by atoms with E-state index in [1.807, 2.05) is 30.5 Å². The van der Waals surface area contributed by atoms with Crippen LogP contribution in [0.5, 0.6) is 0 Å². The minimum absolute atomic E-state index is 0.771. The maximum Gasteiger partial charge on any atom is 0.0707 e. The van der Waals surface area contributed by atoms with E-state index >= 15 is 0 Å². The molecule has 104 valence electrons. The zero-order chi connectivity index (χ0) is 14.7. The third-order valence-corrected chi connectivity index (χ3v) is 3.84. The number of aryl methyl sites for hydroxylation is 1. The quantitative estimate of drug-likeness (QED) is 0.638. The van der Waals surface area contributed by atoms with E-state index in [0.717, 1.165) is 17.1 Å². The minimum atomic E-state index is 0.771. The van der Waals surface area contributed by atoms with Crippen LogP contribution in [0.25, 0.3) is 11.3 Å². The van der Waals surface area contributed by atoms with E-state index < -0.39 is 0 Å². The van der Waals surface area contributed by atoms with Gasteiger partial charge in [0.2, 0.25) is 0 Å². The molecule has 0 bridgehead atoms. The van der Waals surface area contributed by atoms with Crippen molar-refractivity contribution in [2.75, 3.05) is 0 Å². The van der Waals surface area contributed by atoms with Crippen molar-refractivity contribution in [2.24, 2.45) is 0 Å². The molecule has 0 aliphatic heterocycles. The summed E-state index contributed by atoms with van der Waals surface area (Å²) in [7, 11) is 0. The molecule has 1 heterocycles. The van der Waals surface area contributed by atoms with Crippen LogP contribution < -0.4 is 0 Å². The van der Waals surface area contributed by atoms with Gasteiger partial charge in [0.15, 0.2) is 0 Å². The van der Waals surface area contributed by atoms with Crippen LogP contribution in [0.15, 0.2) is 66.9 Å². The first kappa shape index (κ1) is 13.8. The first-order valence-corrected chi connectivity index (χ1v) is 7.36. The van der Waals surface area contributed by atoms with Crippen molar-refractivity contribution in [1.29, 1.82) is 0 Å². The van der Waals surface area contributed by atoms with Crippen molar-refractivity contribution < 1.29 is 0 Å². The van der Waals surface area contributed by atoms with Gasteiger partial charge in [-0.25, -0.2) is 0 Å². The smallest absolute Gasteiger partial charge is 0.0707 e. The topological polar surface area (TPSA) is 12.9 Å². The molecule has 0 aliphatic rings. The lowest BCUT2D eigenvalue weighted by molar-refractivity contribution is 1.17. The number of hydrogen-bond acceptors (Lipinski definition) is 1. The summed E-state index contributed by atoms with van der Waals surface area (Å²) in [5.74, 6) is 0. The second-order valence-corrected chi connectivity index (χ2v) is 5.56. The standard InChI is InChI=1S/C19H16ClN/c1-14-5-4-6-16(13-15-8-10-17(20)11-9-15)19(14)18-7-2-3-12-21-18/h2-12H,13H2,1H3. The van der Waals surface area contributed by atoms with Gasteiger partial charge >= 0.3 is 0 Å². The zero-order valence-corrected chi connectivity index (χ0v) is 12.6. The van der Waals surface area contributed by atoms with Crippen LogP contribution in [0.4, 0.5) is 0 Å². The van der Waals surface area contributed by atoms with Crippen LogP contribution in [0.1, 0.15) is 16.7 Å². The van der Waals surface area contributed by atoms with Crippen LogP contribution in [0, 0.1) is 6.92 Å². The Balaban J connectivity index is 2.03. The first-order chi connectivity index (χ1) is 10.2. The molecule has 0 atom stereocenters. The Bertz CT molecular complexity index is 733. The van der Waals surface area contributed by atoms with Gasteiger partial charge in [-0.1, -0.05) is 48.0 Å². The minimum Gasteiger partial charge on any atom is -0.256 e. The summed E-state index contributed by atoms with van der Waals surface area (Å²) in [5, 5.41) is 0.771. The average molecular weight is 294 g/mol. The maximum absolute atomic E-state index is 5.96. The van der Waals surface area contributed by atoms with Crippen molar-refractivity contribution in [3.63, 3.8) is 0 Å². The molecular formula is C19H16ClN. The van der Waals surface area contributed by atoms with Gasteiger partial charge in [0.1, 0.15) is 0 Å². The van der Waals surface area contributed by atoms with Crippen LogP contribution >= 0.6 is 11.6 Å². The fraction of sp³-hybridized carbons (Fsp3) is 0.105. The Morgan fingerprint density at radius 2 is 1.71 bits per heavy atom. The van der Waals surface area contributed by atoms with Gasteiger partial charge in [0, 0.05) is 16.8 Å². The summed E-state index contributed by atoms with van der Waals surface area (Å²) in [6, 6.07) is 20.5. The lowest BCUT2D eigenvalue weighted by atomic mass is 9.94. The van der Waals surface area contributed by atoms with E-state index in [9.17, 15) is 0 Å². The Morgan fingerprint density at radius 1 is 0.905 bits per heavy atom. The fourth-order valence-electron chi connectivity index (χ4n) is 2.58. The van der Waals surface area contributed by atoms with Gasteiger partial charge in [-0.3, -0.25) is 4.98 Å². The second-order valence-electron chi connectivity index (χ2n) is 5.13. The van der Waals surface area contributed by atoms with Crippen molar-refractivity contribution in [1.82, 2.24) is 4.98 Å². The fourth-order valence-corrected chi connectivity index (χ4v) is 2.70. The van der Waals surface area contributed by atoms with Gasteiger partial charge in [-0.05, 0) is 54.3 Å². The number of nitrogens with zero attached hydrogens (tertiary/aromatic N) is 1. The van der Waals surface area contributed by atoms with Crippen molar-refractivity contribution >= 4 is 11.6 Å². The highest BCUT2D eigenvalue weighted by atomic mass is 35.5. The van der Waals surface area contributed by atoms with Crippen molar-refractivity contribution in [3.8, 4) is 11.3 Å². The number of benzene rings is 2. The molecule has 0 spiro atoms. The molecule has 0 saturated heterocycles. The molecule has 2 aromatic carbocycles. The molecule has 3 rings (SSSR count). The molecule has 0 aliphatic carbocycles. The second kappa shape index (κ2) is 6.11. The lowest BCUT2D eigenvalue weighted by Crippen LogP contribution is -1.96. The normalized spacial score (nSPS) is 10.6. The number of hydrogen-bond donors (Lipinski definition) is 0. The van der Waals surface area contributed by atoms with Crippen LogP contribution in [0.2, 0.25) is 5.02 Å². The van der Waals surface area contributed by atoms with Gasteiger partial charge in [0.25, 0.3) is 0 Å². The Kier molecular flexibility index (Phi) is 4.03. The highest BCUT2D eigenvalue weighted by Crippen LogP contribution is 2.27. The van der Waals surface area contributed by atoms with E-state index in [1.54, 1.807) is 0 Å². The number of pyridine rings is 1. The monoisotopic (exact) mass is 293 g/mol. The SMILES string of the molecule is Cc1cccc(Cc2ccc(Cl)cc2)c1-c1ccccn1. The molecule has 1 nitrogen and oxygen atoms in total. The number of halogens is 1. The van der Waals surface area contributed by atoms with E-state index in [0.29, 0.717) is 0 Å². The summed E-state index contributed by atoms with van der Waals surface area (Å²) in [5.41, 5.74) is 6.05. The maximum atomic E-state index is 5.96. The summed E-state index contributed by atoms with van der Waals surface area (Å²) in [4.78, 5) is 4.51. The molecule has 0 saturated carbocycles. The molecule has 0 unspecified atom stereocenters. The Morgan fingerprint density at radius 3 is 2.43 bits per heavy atom. The largest absolute Gasteiger partial charge is 0.256 e. The van der Waals surface area contributed by atoms with Crippen molar-refractivity contribution in [2.45, 2.75) is 13.3 Å². The molecule has 0 radical (unpaired) electrons. The molecule has 0 amide bonds. The summed E-state index contributed by atoms with van der Waals surface area (Å²) >= 11 is 5.96. The molecule has 0 fully saturated rings. The van der Waals surface area contributed by atoms with Gasteiger partial charge < -0.3 is 0 Å². The zero-order valence-electron chi connectivity index (χ0n) is 11.9. The van der Waals surface area contributed by atoms with Crippen LogP contribution in [-0.4, -0.2) is 4.98 Å². The van der Waals surface area contributed by atoms with Gasteiger partial charge in [-0.15, -0.1) is 0 Å². The molecule has 2 heteroatoms. The summed E-state index contributed by atoms with van der Waals surface area (Å²) < 4.78 is 0. The molecular weight excluding hydrogens is 278 g/mol. The van der Waals surface area contributed by atoms with E-state index in [2.05, 4.69) is 48.3 Å². The summed E-state index contributed by atoms with van der Waals surface area (Å²) in [6.45, 7) is 2.13. The lowest BCUT2D eigenvalue weighted by Gasteiger charge is -2.12. The summed E-state index contributed by atoms with van der Waals surface area (Å²) in [6.07, 6.45) is 2.72. The predicted octanol–water partition coefficient (Wildman–Crippen LogP) is 5.30. The molecule has 21 heavy (non-hydrogen) atoms. The van der Waals surface area contributed by atoms with E-state index in [-0.39, 0.29) is 0 Å². The van der Waals surface area contributed by atoms with Crippen LogP contribution in [-0.2, 0) is 6.42 Å². The van der Waals surface area contributed by atoms with E-state index in [4.69, 9.17) is 11.6 Å². The first-order valence-electron chi connectivity index (χ1n) is 6.98. The molecule has 3 aromatic rings. The highest BCUT2D eigenvalue weighted by Gasteiger charge is 2.09. The Hall–Kier alpha value is -2.12. The number of aromatic nitrogens is 1. The predicted molar refractivity (Wildman–Crippen MR) is 88.7 cm³/mol. The third-order valence-electron chi connectivity index (χ3n) is 3.59. The number of rotatable bonds is 3. The van der Waals surface area contributed by atoms with Crippen LogP contribution in [0.3, 0.4) is 0 Å². The average Bonchev–Trinajstić information content (AvgIpc) is 2.51. The third kappa shape index (κ3) is 3.14. The molecule has 0 N–H and O–H groups in total. The van der Waals surface area contributed by atoms with E-state index in [1.165, 1.54) is 22.3 Å². The van der Waals surface area contributed by atoms with Crippen molar-refractivity contribution in [3.05, 3.63) is 88.6 Å². The van der Waals surface area contributed by atoms with Gasteiger partial charge in [0.05, 0.1) is 5.69 Å². The molecule has 1 aromatic heterocycles.